The molecule has 3 rings (SSSR count). The van der Waals surface area contributed by atoms with Crippen molar-refractivity contribution in [2.45, 2.75) is 9.79 Å². The molecule has 1 N–H and O–H groups in total. The Balaban J connectivity index is 1.78. The minimum absolute atomic E-state index is 0.181. The van der Waals surface area contributed by atoms with Crippen LogP contribution in [0.3, 0.4) is 0 Å². The summed E-state index contributed by atoms with van der Waals surface area (Å²) in [6.45, 7) is 0. The lowest BCUT2D eigenvalue weighted by Gasteiger charge is -2.08. The van der Waals surface area contributed by atoms with Crippen LogP contribution >= 0.6 is 15.9 Å². The van der Waals surface area contributed by atoms with Crippen LogP contribution in [0.2, 0.25) is 0 Å². The predicted octanol–water partition coefficient (Wildman–Crippen LogP) is 4.53. The zero-order valence-electron chi connectivity index (χ0n) is 13.0. The van der Waals surface area contributed by atoms with Crippen LogP contribution in [0.25, 0.3) is 0 Å². The summed E-state index contributed by atoms with van der Waals surface area (Å²) in [5.41, 5.74) is 1.05. The molecule has 0 aromatic heterocycles. The molecule has 1 amide bonds. The zero-order valence-corrected chi connectivity index (χ0v) is 15.4. The molecular formula is C19H14BrNO3S. The fourth-order valence-corrected chi connectivity index (χ4v) is 3.80. The van der Waals surface area contributed by atoms with Gasteiger partial charge in [-0.3, -0.25) is 4.79 Å². The van der Waals surface area contributed by atoms with Crippen molar-refractivity contribution in [3.8, 4) is 0 Å². The molecule has 0 bridgehead atoms. The van der Waals surface area contributed by atoms with Gasteiger partial charge in [0, 0.05) is 15.7 Å². The van der Waals surface area contributed by atoms with Crippen LogP contribution in [-0.2, 0) is 9.84 Å². The number of hydrogen-bond acceptors (Lipinski definition) is 3. The fourth-order valence-electron chi connectivity index (χ4n) is 2.26. The molecular weight excluding hydrogens is 402 g/mol. The van der Waals surface area contributed by atoms with E-state index in [1.807, 2.05) is 0 Å². The number of anilines is 1. The lowest BCUT2D eigenvalue weighted by molar-refractivity contribution is 0.102. The second kappa shape index (κ2) is 7.21. The SMILES string of the molecule is O=C(Nc1ccc(S(=O)(=O)c2ccccc2)cc1)c1ccc(Br)cc1. The van der Waals surface area contributed by atoms with Gasteiger partial charge < -0.3 is 5.32 Å². The predicted molar refractivity (Wildman–Crippen MR) is 100 cm³/mol. The largest absolute Gasteiger partial charge is 0.322 e. The van der Waals surface area contributed by atoms with Crippen molar-refractivity contribution < 1.29 is 13.2 Å². The summed E-state index contributed by atoms with van der Waals surface area (Å²) in [6.07, 6.45) is 0. The van der Waals surface area contributed by atoms with Gasteiger partial charge in [-0.1, -0.05) is 34.1 Å². The number of amides is 1. The van der Waals surface area contributed by atoms with Crippen LogP contribution in [0, 0.1) is 0 Å². The van der Waals surface area contributed by atoms with E-state index in [-0.39, 0.29) is 15.7 Å². The quantitative estimate of drug-likeness (QED) is 0.680. The van der Waals surface area contributed by atoms with Crippen molar-refractivity contribution >= 4 is 37.4 Å². The van der Waals surface area contributed by atoms with Crippen LogP contribution in [0.5, 0.6) is 0 Å². The number of benzene rings is 3. The van der Waals surface area contributed by atoms with Gasteiger partial charge in [0.2, 0.25) is 9.84 Å². The molecule has 0 radical (unpaired) electrons. The Morgan fingerprint density at radius 1 is 0.760 bits per heavy atom. The summed E-state index contributed by atoms with van der Waals surface area (Å²) < 4.78 is 25.9. The van der Waals surface area contributed by atoms with Crippen LogP contribution in [0.1, 0.15) is 10.4 Å². The average Bonchev–Trinajstić information content (AvgIpc) is 2.63. The second-order valence-corrected chi connectivity index (χ2v) is 8.17. The third-order valence-corrected chi connectivity index (χ3v) is 5.90. The molecule has 0 aliphatic heterocycles. The first kappa shape index (κ1) is 17.4. The highest BCUT2D eigenvalue weighted by atomic mass is 79.9. The van der Waals surface area contributed by atoms with Gasteiger partial charge >= 0.3 is 0 Å². The van der Waals surface area contributed by atoms with E-state index in [0.717, 1.165) is 4.47 Å². The Kier molecular flexibility index (Phi) is 5.01. The molecule has 0 aliphatic rings. The summed E-state index contributed by atoms with van der Waals surface area (Å²) >= 11 is 3.32. The lowest BCUT2D eigenvalue weighted by Crippen LogP contribution is -2.11. The van der Waals surface area contributed by atoms with E-state index in [0.29, 0.717) is 11.3 Å². The van der Waals surface area contributed by atoms with E-state index in [4.69, 9.17) is 0 Å². The highest BCUT2D eigenvalue weighted by molar-refractivity contribution is 9.10. The molecule has 0 atom stereocenters. The Morgan fingerprint density at radius 3 is 1.92 bits per heavy atom. The molecule has 25 heavy (non-hydrogen) atoms. The highest BCUT2D eigenvalue weighted by Crippen LogP contribution is 2.22. The van der Waals surface area contributed by atoms with Crippen LogP contribution in [0.4, 0.5) is 5.69 Å². The van der Waals surface area contributed by atoms with Gasteiger partial charge in [-0.25, -0.2) is 8.42 Å². The summed E-state index contributed by atoms with van der Waals surface area (Å²) in [5.74, 6) is -0.258. The maximum atomic E-state index is 12.5. The van der Waals surface area contributed by atoms with Gasteiger partial charge in [-0.15, -0.1) is 0 Å². The van der Waals surface area contributed by atoms with Crippen LogP contribution in [-0.4, -0.2) is 14.3 Å². The molecule has 0 saturated carbocycles. The Morgan fingerprint density at radius 2 is 1.32 bits per heavy atom. The van der Waals surface area contributed by atoms with Gasteiger partial charge in [-0.2, -0.15) is 0 Å². The third kappa shape index (κ3) is 3.97. The van der Waals surface area contributed by atoms with Crippen molar-refractivity contribution in [1.29, 1.82) is 0 Å². The van der Waals surface area contributed by atoms with Crippen molar-refractivity contribution in [3.05, 3.63) is 88.9 Å². The molecule has 4 nitrogen and oxygen atoms in total. The van der Waals surface area contributed by atoms with E-state index in [2.05, 4.69) is 21.2 Å². The molecule has 3 aromatic carbocycles. The van der Waals surface area contributed by atoms with E-state index >= 15 is 0 Å². The first-order valence-corrected chi connectivity index (χ1v) is 9.71. The molecule has 3 aromatic rings. The van der Waals surface area contributed by atoms with E-state index in [1.165, 1.54) is 12.1 Å². The summed E-state index contributed by atoms with van der Waals surface area (Å²) in [6, 6.07) is 21.3. The fraction of sp³-hybridized carbons (Fsp3) is 0. The molecule has 0 heterocycles. The summed E-state index contributed by atoms with van der Waals surface area (Å²) in [7, 11) is -3.56. The first-order chi connectivity index (χ1) is 12.0. The van der Waals surface area contributed by atoms with Gasteiger partial charge in [-0.05, 0) is 60.7 Å². The van der Waals surface area contributed by atoms with Crippen molar-refractivity contribution in [1.82, 2.24) is 0 Å². The number of halogens is 1. The zero-order chi connectivity index (χ0) is 17.9. The minimum atomic E-state index is -3.56. The van der Waals surface area contributed by atoms with Crippen LogP contribution in [0.15, 0.2) is 93.1 Å². The number of rotatable bonds is 4. The normalized spacial score (nSPS) is 11.1. The Bertz CT molecular complexity index is 983. The highest BCUT2D eigenvalue weighted by Gasteiger charge is 2.17. The number of nitrogens with one attached hydrogen (secondary N) is 1. The Hall–Kier alpha value is -2.44. The van der Waals surface area contributed by atoms with Crippen molar-refractivity contribution in [3.63, 3.8) is 0 Å². The maximum absolute atomic E-state index is 12.5. The maximum Gasteiger partial charge on any atom is 0.255 e. The average molecular weight is 416 g/mol. The molecule has 0 saturated heterocycles. The molecule has 0 spiro atoms. The number of hydrogen-bond donors (Lipinski definition) is 1. The van der Waals surface area contributed by atoms with Gasteiger partial charge in [0.1, 0.15) is 0 Å². The molecule has 0 unspecified atom stereocenters. The minimum Gasteiger partial charge on any atom is -0.322 e. The monoisotopic (exact) mass is 415 g/mol. The Labute approximate surface area is 154 Å². The molecule has 0 aliphatic carbocycles. The molecule has 0 fully saturated rings. The van der Waals surface area contributed by atoms with E-state index in [9.17, 15) is 13.2 Å². The summed E-state index contributed by atoms with van der Waals surface area (Å²) in [5, 5.41) is 2.75. The van der Waals surface area contributed by atoms with Crippen LogP contribution < -0.4 is 5.32 Å². The van der Waals surface area contributed by atoms with Crippen molar-refractivity contribution in [2.24, 2.45) is 0 Å². The van der Waals surface area contributed by atoms with Crippen molar-refractivity contribution in [2.75, 3.05) is 5.32 Å². The number of carbonyl (C=O) groups excluding carboxylic acids is 1. The molecule has 126 valence electrons. The third-order valence-electron chi connectivity index (χ3n) is 3.58. The number of carbonyl (C=O) groups is 1. The van der Waals surface area contributed by atoms with E-state index < -0.39 is 9.84 Å². The standard InChI is InChI=1S/C19H14BrNO3S/c20-15-8-6-14(7-9-15)19(22)21-16-10-12-18(13-11-16)25(23,24)17-4-2-1-3-5-17/h1-13H,(H,21,22). The van der Waals surface area contributed by atoms with Gasteiger partial charge in [0.15, 0.2) is 0 Å². The summed E-state index contributed by atoms with van der Waals surface area (Å²) in [4.78, 5) is 12.6. The lowest BCUT2D eigenvalue weighted by atomic mass is 10.2. The second-order valence-electron chi connectivity index (χ2n) is 5.30. The smallest absolute Gasteiger partial charge is 0.255 e. The number of sulfone groups is 1. The van der Waals surface area contributed by atoms with E-state index in [1.54, 1.807) is 66.7 Å². The van der Waals surface area contributed by atoms with Gasteiger partial charge in [0.25, 0.3) is 5.91 Å². The van der Waals surface area contributed by atoms with Gasteiger partial charge in [0.05, 0.1) is 9.79 Å². The topological polar surface area (TPSA) is 63.2 Å². The molecule has 6 heteroatoms. The first-order valence-electron chi connectivity index (χ1n) is 7.44.